The van der Waals surface area contributed by atoms with Gasteiger partial charge < -0.3 is 9.47 Å². The zero-order valence-electron chi connectivity index (χ0n) is 18.3. The number of nitro benzene ring substituents is 1. The third kappa shape index (κ3) is 6.05. The molecule has 0 aromatic heterocycles. The number of nitrogens with zero attached hydrogens (tertiary/aromatic N) is 2. The number of nitro groups is 1. The lowest BCUT2D eigenvalue weighted by Crippen LogP contribution is -2.24. The maximum Gasteiger partial charge on any atom is 0.343 e. The van der Waals surface area contributed by atoms with E-state index in [9.17, 15) is 19.7 Å². The quantitative estimate of drug-likeness (QED) is 0.133. The number of esters is 1. The van der Waals surface area contributed by atoms with Crippen molar-refractivity contribution in [2.45, 2.75) is 0 Å². The van der Waals surface area contributed by atoms with Gasteiger partial charge in [-0.25, -0.2) is 10.2 Å². The number of non-ortho nitro benzene ring substituents is 1. The monoisotopic (exact) mass is 469 g/mol. The zero-order valence-corrected chi connectivity index (χ0v) is 18.3. The number of fused-ring (bicyclic) bond motifs is 1. The molecule has 4 aromatic carbocycles. The van der Waals surface area contributed by atoms with Crippen LogP contribution in [0.4, 0.5) is 5.69 Å². The lowest BCUT2D eigenvalue weighted by atomic mass is 10.1. The van der Waals surface area contributed by atoms with Crippen LogP contribution in [0.25, 0.3) is 10.8 Å². The molecule has 4 aromatic rings. The van der Waals surface area contributed by atoms with E-state index in [1.165, 1.54) is 30.5 Å². The van der Waals surface area contributed by atoms with E-state index < -0.39 is 16.8 Å². The Morgan fingerprint density at radius 1 is 0.943 bits per heavy atom. The molecule has 0 bridgehead atoms. The van der Waals surface area contributed by atoms with Crippen molar-refractivity contribution in [3.63, 3.8) is 0 Å². The number of carbonyl (C=O) groups excluding carboxylic acids is 2. The molecule has 1 N–H and O–H groups in total. The van der Waals surface area contributed by atoms with E-state index in [-0.39, 0.29) is 23.6 Å². The van der Waals surface area contributed by atoms with E-state index >= 15 is 0 Å². The van der Waals surface area contributed by atoms with E-state index in [0.717, 1.165) is 10.8 Å². The van der Waals surface area contributed by atoms with Gasteiger partial charge in [0.1, 0.15) is 11.5 Å². The van der Waals surface area contributed by atoms with Gasteiger partial charge in [-0.15, -0.1) is 0 Å². The maximum absolute atomic E-state index is 12.3. The second kappa shape index (κ2) is 10.7. The van der Waals surface area contributed by atoms with Crippen molar-refractivity contribution in [1.29, 1.82) is 0 Å². The van der Waals surface area contributed by atoms with Gasteiger partial charge in [-0.2, -0.15) is 5.10 Å². The van der Waals surface area contributed by atoms with Crippen LogP contribution in [-0.2, 0) is 4.79 Å². The Kier molecular flexibility index (Phi) is 7.08. The topological polar surface area (TPSA) is 120 Å². The van der Waals surface area contributed by atoms with Crippen molar-refractivity contribution in [2.24, 2.45) is 5.10 Å². The number of benzene rings is 4. The summed E-state index contributed by atoms with van der Waals surface area (Å²) in [6.07, 6.45) is 1.40. The van der Waals surface area contributed by atoms with Crippen LogP contribution in [0.5, 0.6) is 11.5 Å². The molecule has 4 rings (SSSR count). The number of hydrogen-bond acceptors (Lipinski definition) is 7. The lowest BCUT2D eigenvalue weighted by molar-refractivity contribution is -0.384. The first kappa shape index (κ1) is 23.1. The van der Waals surface area contributed by atoms with E-state index in [4.69, 9.17) is 9.47 Å². The van der Waals surface area contributed by atoms with Crippen molar-refractivity contribution in [3.05, 3.63) is 112 Å². The highest BCUT2D eigenvalue weighted by atomic mass is 16.6. The first-order valence-electron chi connectivity index (χ1n) is 10.5. The second-order valence-corrected chi connectivity index (χ2v) is 7.33. The number of rotatable bonds is 8. The van der Waals surface area contributed by atoms with Crippen molar-refractivity contribution in [2.75, 3.05) is 6.61 Å². The molecule has 9 nitrogen and oxygen atoms in total. The van der Waals surface area contributed by atoms with Crippen LogP contribution in [0.3, 0.4) is 0 Å². The third-order valence-corrected chi connectivity index (χ3v) is 4.89. The molecule has 35 heavy (non-hydrogen) atoms. The van der Waals surface area contributed by atoms with Crippen molar-refractivity contribution in [1.82, 2.24) is 5.43 Å². The smallest absolute Gasteiger partial charge is 0.343 e. The number of hydrazone groups is 1. The molecule has 0 atom stereocenters. The van der Waals surface area contributed by atoms with Gasteiger partial charge in [-0.1, -0.05) is 48.5 Å². The van der Waals surface area contributed by atoms with Crippen molar-refractivity contribution < 1.29 is 24.0 Å². The Hall–Kier alpha value is -5.05. The van der Waals surface area contributed by atoms with Crippen LogP contribution in [0, 0.1) is 10.1 Å². The predicted molar refractivity (Wildman–Crippen MR) is 130 cm³/mol. The molecular weight excluding hydrogens is 450 g/mol. The summed E-state index contributed by atoms with van der Waals surface area (Å²) in [7, 11) is 0. The average Bonchev–Trinajstić information content (AvgIpc) is 2.87. The Balaban J connectivity index is 1.31. The van der Waals surface area contributed by atoms with Gasteiger partial charge in [0.2, 0.25) is 0 Å². The molecule has 1 amide bonds. The number of hydrogen-bond donors (Lipinski definition) is 1. The normalized spacial score (nSPS) is 10.7. The highest BCUT2D eigenvalue weighted by Gasteiger charge is 2.12. The lowest BCUT2D eigenvalue weighted by Gasteiger charge is -2.08. The van der Waals surface area contributed by atoms with Crippen LogP contribution >= 0.6 is 0 Å². The standard InChI is InChI=1S/C26H19N3O6/c30-25(17-34-24-10-4-7-19-6-1-2-9-23(19)24)28-27-16-18-5-3-8-22(15-18)35-26(31)20-11-13-21(14-12-20)29(32)33/h1-16H,17H2,(H,28,30). The fourth-order valence-electron chi connectivity index (χ4n) is 3.22. The van der Waals surface area contributed by atoms with Crippen LogP contribution < -0.4 is 14.9 Å². The van der Waals surface area contributed by atoms with Gasteiger partial charge >= 0.3 is 5.97 Å². The van der Waals surface area contributed by atoms with Gasteiger partial charge in [0.25, 0.3) is 11.6 Å². The molecule has 0 saturated heterocycles. The average molecular weight is 469 g/mol. The summed E-state index contributed by atoms with van der Waals surface area (Å²) in [4.78, 5) is 34.6. The summed E-state index contributed by atoms with van der Waals surface area (Å²) in [5.74, 6) is -0.240. The summed E-state index contributed by atoms with van der Waals surface area (Å²) >= 11 is 0. The Morgan fingerprint density at radius 3 is 2.49 bits per heavy atom. The molecule has 0 spiro atoms. The molecule has 0 unspecified atom stereocenters. The minimum atomic E-state index is -0.659. The van der Waals surface area contributed by atoms with Gasteiger partial charge in [-0.3, -0.25) is 14.9 Å². The molecule has 0 saturated carbocycles. The molecule has 174 valence electrons. The summed E-state index contributed by atoms with van der Waals surface area (Å²) in [5.41, 5.74) is 3.02. The Morgan fingerprint density at radius 2 is 1.69 bits per heavy atom. The number of nitrogens with one attached hydrogen (secondary N) is 1. The summed E-state index contributed by atoms with van der Waals surface area (Å²) in [5, 5.41) is 16.6. The molecule has 9 heteroatoms. The van der Waals surface area contributed by atoms with Crippen LogP contribution in [0.15, 0.2) is 96.1 Å². The number of carbonyl (C=O) groups is 2. The van der Waals surface area contributed by atoms with Crippen LogP contribution in [0.1, 0.15) is 15.9 Å². The second-order valence-electron chi connectivity index (χ2n) is 7.33. The highest BCUT2D eigenvalue weighted by Crippen LogP contribution is 2.25. The first-order valence-corrected chi connectivity index (χ1v) is 10.5. The van der Waals surface area contributed by atoms with Crippen molar-refractivity contribution >= 4 is 34.6 Å². The largest absolute Gasteiger partial charge is 0.483 e. The van der Waals surface area contributed by atoms with Crippen molar-refractivity contribution in [3.8, 4) is 11.5 Å². The van der Waals surface area contributed by atoms with Gasteiger partial charge in [0.05, 0.1) is 16.7 Å². The Bertz CT molecular complexity index is 1410. The first-order chi connectivity index (χ1) is 17.0. The van der Waals surface area contributed by atoms with E-state index in [1.807, 2.05) is 36.4 Å². The minimum absolute atomic E-state index is 0.121. The molecule has 0 fully saturated rings. The zero-order chi connectivity index (χ0) is 24.6. The van der Waals surface area contributed by atoms with E-state index in [0.29, 0.717) is 11.3 Å². The van der Waals surface area contributed by atoms with E-state index in [1.54, 1.807) is 30.3 Å². The minimum Gasteiger partial charge on any atom is -0.483 e. The molecule has 0 aliphatic rings. The molecule has 0 radical (unpaired) electrons. The number of amides is 1. The number of ether oxygens (including phenoxy) is 2. The molecule has 0 aliphatic heterocycles. The summed E-state index contributed by atoms with van der Waals surface area (Å²) < 4.78 is 10.9. The van der Waals surface area contributed by atoms with Crippen LogP contribution in [0.2, 0.25) is 0 Å². The third-order valence-electron chi connectivity index (χ3n) is 4.89. The molecule has 0 heterocycles. The Labute approximate surface area is 199 Å². The van der Waals surface area contributed by atoms with E-state index in [2.05, 4.69) is 10.5 Å². The van der Waals surface area contributed by atoms with Crippen LogP contribution in [-0.4, -0.2) is 29.6 Å². The molecular formula is C26H19N3O6. The van der Waals surface area contributed by atoms with Gasteiger partial charge in [0.15, 0.2) is 6.61 Å². The molecule has 0 aliphatic carbocycles. The fraction of sp³-hybridized carbons (Fsp3) is 0.0385. The summed E-state index contributed by atoms with van der Waals surface area (Å²) in [6, 6.07) is 24.9. The SMILES string of the molecule is O=C(COc1cccc2ccccc12)NN=Cc1cccc(OC(=O)c2ccc([N+](=O)[O-])cc2)c1. The highest BCUT2D eigenvalue weighted by molar-refractivity contribution is 5.92. The summed E-state index contributed by atoms with van der Waals surface area (Å²) in [6.45, 7) is -0.210. The van der Waals surface area contributed by atoms with Gasteiger partial charge in [-0.05, 0) is 41.3 Å². The maximum atomic E-state index is 12.3. The predicted octanol–water partition coefficient (Wildman–Crippen LogP) is 4.50. The fourth-order valence-corrected chi connectivity index (χ4v) is 3.22. The van der Waals surface area contributed by atoms with Gasteiger partial charge in [0, 0.05) is 17.5 Å².